The van der Waals surface area contributed by atoms with Gasteiger partial charge in [-0.3, -0.25) is 4.99 Å². The first-order chi connectivity index (χ1) is 10.5. The molecule has 0 unspecified atom stereocenters. The molecule has 0 saturated heterocycles. The van der Waals surface area contributed by atoms with E-state index in [-0.39, 0.29) is 29.8 Å². The smallest absolute Gasteiger partial charge is 0.191 e. The number of aliphatic imine (C=N–C) groups is 1. The van der Waals surface area contributed by atoms with E-state index in [0.29, 0.717) is 31.9 Å². The van der Waals surface area contributed by atoms with Gasteiger partial charge < -0.3 is 15.7 Å². The fourth-order valence-electron chi connectivity index (χ4n) is 2.02. The maximum atomic E-state index is 12.8. The highest BCUT2D eigenvalue weighted by Gasteiger charge is 2.21. The molecule has 0 aliphatic rings. The zero-order chi connectivity index (χ0) is 16.4. The van der Waals surface area contributed by atoms with Crippen LogP contribution in [0.15, 0.2) is 29.3 Å². The molecular formula is C17H29FIN3O. The minimum absolute atomic E-state index is 0. The van der Waals surface area contributed by atoms with Crippen molar-refractivity contribution >= 4 is 29.9 Å². The first-order valence-corrected chi connectivity index (χ1v) is 8.02. The number of nitrogens with one attached hydrogen (secondary N) is 2. The number of guanidine groups is 1. The van der Waals surface area contributed by atoms with Crippen LogP contribution in [-0.4, -0.2) is 36.3 Å². The van der Waals surface area contributed by atoms with Gasteiger partial charge in [-0.05, 0) is 43.9 Å². The second-order valence-corrected chi connectivity index (χ2v) is 5.43. The molecule has 0 bridgehead atoms. The van der Waals surface area contributed by atoms with Gasteiger partial charge in [-0.25, -0.2) is 4.39 Å². The Morgan fingerprint density at radius 2 is 1.74 bits per heavy atom. The van der Waals surface area contributed by atoms with Crippen molar-refractivity contribution in [3.8, 4) is 0 Å². The molecule has 0 aliphatic carbocycles. The van der Waals surface area contributed by atoms with E-state index in [2.05, 4.69) is 15.6 Å². The quantitative estimate of drug-likeness (QED) is 0.333. The predicted molar refractivity (Wildman–Crippen MR) is 105 cm³/mol. The third-order valence-electron chi connectivity index (χ3n) is 3.81. The van der Waals surface area contributed by atoms with Crippen LogP contribution in [0.25, 0.3) is 0 Å². The van der Waals surface area contributed by atoms with Gasteiger partial charge in [0.25, 0.3) is 0 Å². The summed E-state index contributed by atoms with van der Waals surface area (Å²) in [5.74, 6) is 0.481. The van der Waals surface area contributed by atoms with E-state index in [1.807, 2.05) is 20.8 Å². The Hall–Kier alpha value is -0.890. The molecule has 0 amide bonds. The van der Waals surface area contributed by atoms with Gasteiger partial charge in [-0.15, -0.1) is 24.0 Å². The summed E-state index contributed by atoms with van der Waals surface area (Å²) in [4.78, 5) is 4.46. The normalized spacial score (nSPS) is 11.8. The lowest BCUT2D eigenvalue weighted by atomic mass is 9.98. The highest BCUT2D eigenvalue weighted by molar-refractivity contribution is 14.0. The van der Waals surface area contributed by atoms with Crippen LogP contribution >= 0.6 is 24.0 Å². The van der Waals surface area contributed by atoms with Gasteiger partial charge in [0.2, 0.25) is 0 Å². The lowest BCUT2D eigenvalue weighted by Crippen LogP contribution is -2.40. The lowest BCUT2D eigenvalue weighted by molar-refractivity contribution is 0.0418. The van der Waals surface area contributed by atoms with Crippen LogP contribution in [0.2, 0.25) is 0 Å². The molecule has 23 heavy (non-hydrogen) atoms. The predicted octanol–water partition coefficient (Wildman–Crippen LogP) is 3.09. The van der Waals surface area contributed by atoms with E-state index in [0.717, 1.165) is 18.5 Å². The Kier molecular flexibility index (Phi) is 11.2. The highest BCUT2D eigenvalue weighted by atomic mass is 127. The van der Waals surface area contributed by atoms with Gasteiger partial charge in [0.05, 0.1) is 12.1 Å². The van der Waals surface area contributed by atoms with Gasteiger partial charge in [0.15, 0.2) is 5.96 Å². The average molecular weight is 437 g/mol. The molecule has 0 aromatic heterocycles. The zero-order valence-corrected chi connectivity index (χ0v) is 16.6. The fourth-order valence-corrected chi connectivity index (χ4v) is 2.02. The van der Waals surface area contributed by atoms with Crippen LogP contribution < -0.4 is 10.6 Å². The van der Waals surface area contributed by atoms with Crippen LogP contribution in [0.1, 0.15) is 39.2 Å². The molecule has 0 spiro atoms. The van der Waals surface area contributed by atoms with Gasteiger partial charge in [-0.2, -0.15) is 0 Å². The molecule has 1 aromatic rings. The first kappa shape index (κ1) is 22.1. The summed E-state index contributed by atoms with van der Waals surface area (Å²) in [7, 11) is 0. The third-order valence-corrected chi connectivity index (χ3v) is 3.81. The van der Waals surface area contributed by atoms with E-state index < -0.39 is 5.60 Å². The second kappa shape index (κ2) is 11.6. The summed E-state index contributed by atoms with van der Waals surface area (Å²) in [6.07, 6.45) is 2.15. The van der Waals surface area contributed by atoms with Gasteiger partial charge in [0, 0.05) is 13.1 Å². The first-order valence-electron chi connectivity index (χ1n) is 8.02. The Morgan fingerprint density at radius 3 is 2.26 bits per heavy atom. The third kappa shape index (κ3) is 8.50. The largest absolute Gasteiger partial charge is 0.388 e. The zero-order valence-electron chi connectivity index (χ0n) is 14.2. The minimum Gasteiger partial charge on any atom is -0.388 e. The average Bonchev–Trinajstić information content (AvgIpc) is 2.54. The Morgan fingerprint density at radius 1 is 1.13 bits per heavy atom. The lowest BCUT2D eigenvalue weighted by Gasteiger charge is -2.23. The van der Waals surface area contributed by atoms with E-state index in [4.69, 9.17) is 0 Å². The highest BCUT2D eigenvalue weighted by Crippen LogP contribution is 2.14. The van der Waals surface area contributed by atoms with Crippen molar-refractivity contribution in [1.82, 2.24) is 10.6 Å². The molecule has 132 valence electrons. The summed E-state index contributed by atoms with van der Waals surface area (Å²) in [5, 5.41) is 16.7. The molecule has 0 aliphatic heterocycles. The topological polar surface area (TPSA) is 56.7 Å². The fraction of sp³-hybridized carbons (Fsp3) is 0.588. The van der Waals surface area contributed by atoms with Crippen LogP contribution in [-0.2, 0) is 6.42 Å². The van der Waals surface area contributed by atoms with Gasteiger partial charge in [0.1, 0.15) is 5.82 Å². The Balaban J connectivity index is 0.00000484. The van der Waals surface area contributed by atoms with Crippen molar-refractivity contribution in [2.75, 3.05) is 19.6 Å². The van der Waals surface area contributed by atoms with Gasteiger partial charge in [-0.1, -0.05) is 26.0 Å². The maximum Gasteiger partial charge on any atom is 0.191 e. The van der Waals surface area contributed by atoms with Crippen molar-refractivity contribution < 1.29 is 9.50 Å². The number of hydrogen-bond donors (Lipinski definition) is 3. The monoisotopic (exact) mass is 437 g/mol. The van der Waals surface area contributed by atoms with Crippen LogP contribution in [0.3, 0.4) is 0 Å². The van der Waals surface area contributed by atoms with Gasteiger partial charge >= 0.3 is 0 Å². The molecule has 0 radical (unpaired) electrons. The van der Waals surface area contributed by atoms with Crippen molar-refractivity contribution in [2.24, 2.45) is 4.99 Å². The summed E-state index contributed by atoms with van der Waals surface area (Å²) < 4.78 is 12.8. The van der Waals surface area contributed by atoms with Crippen molar-refractivity contribution in [2.45, 2.75) is 45.6 Å². The number of hydrogen-bond acceptors (Lipinski definition) is 2. The number of nitrogens with zero attached hydrogens (tertiary/aromatic N) is 1. The number of benzene rings is 1. The summed E-state index contributed by atoms with van der Waals surface area (Å²) in [6.45, 7) is 7.78. The second-order valence-electron chi connectivity index (χ2n) is 5.43. The summed E-state index contributed by atoms with van der Waals surface area (Å²) in [5.41, 5.74) is 0.336. The number of rotatable bonds is 8. The molecular weight excluding hydrogens is 408 g/mol. The molecule has 4 nitrogen and oxygen atoms in total. The Bertz CT molecular complexity index is 461. The van der Waals surface area contributed by atoms with E-state index in [1.165, 1.54) is 12.1 Å². The number of halogens is 2. The molecule has 0 atom stereocenters. The molecule has 3 N–H and O–H groups in total. The van der Waals surface area contributed by atoms with E-state index in [1.54, 1.807) is 12.1 Å². The number of aliphatic hydroxyl groups is 1. The molecule has 0 fully saturated rings. The van der Waals surface area contributed by atoms with Crippen LogP contribution in [0.5, 0.6) is 0 Å². The molecule has 0 heterocycles. The minimum atomic E-state index is -0.737. The van der Waals surface area contributed by atoms with Crippen molar-refractivity contribution in [1.29, 1.82) is 0 Å². The van der Waals surface area contributed by atoms with Crippen LogP contribution in [0, 0.1) is 5.82 Å². The van der Waals surface area contributed by atoms with Crippen molar-refractivity contribution in [3.63, 3.8) is 0 Å². The molecule has 0 saturated carbocycles. The standard InChI is InChI=1S/C17H28FN3O.HI/c1-4-17(22,5-2)13-21-16(19-6-3)20-12-11-14-7-9-15(18)10-8-14;/h7-10,22H,4-6,11-13H2,1-3H3,(H2,19,20,21);1H. The van der Waals surface area contributed by atoms with E-state index in [9.17, 15) is 9.50 Å². The molecule has 1 aromatic carbocycles. The SMILES string of the molecule is CCNC(=NCC(O)(CC)CC)NCCc1ccc(F)cc1.I. The van der Waals surface area contributed by atoms with Crippen LogP contribution in [0.4, 0.5) is 4.39 Å². The van der Waals surface area contributed by atoms with E-state index >= 15 is 0 Å². The molecule has 1 rings (SSSR count). The molecule has 6 heteroatoms. The maximum absolute atomic E-state index is 12.8. The summed E-state index contributed by atoms with van der Waals surface area (Å²) in [6, 6.07) is 6.51. The van der Waals surface area contributed by atoms with Crippen molar-refractivity contribution in [3.05, 3.63) is 35.6 Å². The Labute approximate surface area is 156 Å². The summed E-state index contributed by atoms with van der Waals surface area (Å²) >= 11 is 0.